The largest absolute Gasteiger partial charge is 0.460 e. The average Bonchev–Trinajstić information content (AvgIpc) is 3.18. The maximum atomic E-state index is 13.6. The van der Waals surface area contributed by atoms with Gasteiger partial charge in [0, 0.05) is 5.57 Å². The first kappa shape index (κ1) is 37.2. The first-order chi connectivity index (χ1) is 25.2. The Kier molecular flexibility index (Phi) is 13.0. The Morgan fingerprint density at radius 3 is 1.38 bits per heavy atom. The number of rotatable bonds is 14. The van der Waals surface area contributed by atoms with E-state index in [1.807, 2.05) is 0 Å². The molecule has 1 fully saturated rings. The summed E-state index contributed by atoms with van der Waals surface area (Å²) in [7, 11) is 0. The maximum Gasteiger partial charge on any atom is 0.338 e. The van der Waals surface area contributed by atoms with E-state index in [0.717, 1.165) is 0 Å². The predicted octanol–water partition coefficient (Wildman–Crippen LogP) is 5.38. The number of carbonyl (C=O) groups is 5. The Hall–Kier alpha value is -6.11. The Bertz CT molecular complexity index is 1830. The van der Waals surface area contributed by atoms with Gasteiger partial charge in [0.1, 0.15) is 19.3 Å². The lowest BCUT2D eigenvalue weighted by atomic mass is 9.97. The Morgan fingerprint density at radius 2 is 0.942 bits per heavy atom. The van der Waals surface area contributed by atoms with Gasteiger partial charge in [0.15, 0.2) is 24.6 Å². The standard InChI is InChI=1S/C40H36O12/c1-26(2)35(41)46-23-24-47-40-34(52-39(45)30-21-13-6-14-22-30)33(51-38(44)29-19-11-5-12-20-29)32(50-37(43)28-17-9-4-10-18-28)31(49-40)25-48-36(42)27-15-7-3-8-16-27/h3-22,31-34,40H,1,23-25H2,2H3/t31-,32-,33+,34+,40+/m1/s1. The molecular formula is C40H36O12. The van der Waals surface area contributed by atoms with E-state index in [1.165, 1.54) is 43.3 Å². The van der Waals surface area contributed by atoms with Gasteiger partial charge in [-0.3, -0.25) is 0 Å². The third kappa shape index (κ3) is 9.99. The highest BCUT2D eigenvalue weighted by Crippen LogP contribution is 2.32. The molecule has 12 nitrogen and oxygen atoms in total. The van der Waals surface area contributed by atoms with Crippen molar-refractivity contribution in [2.75, 3.05) is 19.8 Å². The molecule has 268 valence electrons. The van der Waals surface area contributed by atoms with Crippen LogP contribution >= 0.6 is 0 Å². The zero-order valence-electron chi connectivity index (χ0n) is 28.2. The van der Waals surface area contributed by atoms with Crippen molar-refractivity contribution in [2.24, 2.45) is 0 Å². The van der Waals surface area contributed by atoms with E-state index in [9.17, 15) is 24.0 Å². The van der Waals surface area contributed by atoms with Gasteiger partial charge in [0.05, 0.1) is 28.9 Å². The molecule has 0 saturated carbocycles. The van der Waals surface area contributed by atoms with Crippen LogP contribution in [0.15, 0.2) is 133 Å². The maximum absolute atomic E-state index is 13.6. The van der Waals surface area contributed by atoms with Gasteiger partial charge in [-0.15, -0.1) is 0 Å². The highest BCUT2D eigenvalue weighted by Gasteiger charge is 2.53. The lowest BCUT2D eigenvalue weighted by Gasteiger charge is -2.44. The Balaban J connectivity index is 1.53. The van der Waals surface area contributed by atoms with Crippen molar-refractivity contribution in [3.05, 3.63) is 156 Å². The number of benzene rings is 4. The second kappa shape index (κ2) is 18.2. The second-order valence-corrected chi connectivity index (χ2v) is 11.5. The summed E-state index contributed by atoms with van der Waals surface area (Å²) >= 11 is 0. The molecule has 4 aromatic rings. The molecule has 0 N–H and O–H groups in total. The van der Waals surface area contributed by atoms with Gasteiger partial charge >= 0.3 is 29.8 Å². The summed E-state index contributed by atoms with van der Waals surface area (Å²) in [5, 5.41) is 0. The van der Waals surface area contributed by atoms with E-state index < -0.39 is 67.2 Å². The molecule has 0 aliphatic carbocycles. The molecule has 0 radical (unpaired) electrons. The minimum absolute atomic E-state index is 0.145. The van der Waals surface area contributed by atoms with E-state index in [0.29, 0.717) is 0 Å². The normalized spacial score (nSPS) is 19.4. The molecule has 0 bridgehead atoms. The molecular weight excluding hydrogens is 672 g/mol. The summed E-state index contributed by atoms with van der Waals surface area (Å²) in [5.41, 5.74) is 0.865. The fourth-order valence-electron chi connectivity index (χ4n) is 5.08. The molecule has 12 heteroatoms. The smallest absolute Gasteiger partial charge is 0.338 e. The molecule has 5 atom stereocenters. The van der Waals surface area contributed by atoms with E-state index in [2.05, 4.69) is 6.58 Å². The van der Waals surface area contributed by atoms with Gasteiger partial charge in [-0.05, 0) is 55.5 Å². The number of hydrogen-bond acceptors (Lipinski definition) is 12. The monoisotopic (exact) mass is 708 g/mol. The second-order valence-electron chi connectivity index (χ2n) is 11.5. The van der Waals surface area contributed by atoms with Gasteiger partial charge in [-0.2, -0.15) is 0 Å². The number of esters is 5. The number of carbonyl (C=O) groups excluding carboxylic acids is 5. The van der Waals surface area contributed by atoms with Crippen LogP contribution in [0, 0.1) is 0 Å². The van der Waals surface area contributed by atoms with Crippen LogP contribution in [0.25, 0.3) is 0 Å². The highest BCUT2D eigenvalue weighted by atomic mass is 16.7. The Morgan fingerprint density at radius 1 is 0.538 bits per heavy atom. The summed E-state index contributed by atoms with van der Waals surface area (Å²) in [5.74, 6) is -3.87. The van der Waals surface area contributed by atoms with E-state index in [1.54, 1.807) is 84.9 Å². The van der Waals surface area contributed by atoms with Crippen LogP contribution in [0.1, 0.15) is 48.4 Å². The van der Waals surface area contributed by atoms with E-state index in [4.69, 9.17) is 33.2 Å². The van der Waals surface area contributed by atoms with Gasteiger partial charge in [0.25, 0.3) is 0 Å². The molecule has 0 amide bonds. The van der Waals surface area contributed by atoms with Crippen LogP contribution in [-0.4, -0.2) is 80.4 Å². The molecule has 4 aromatic carbocycles. The highest BCUT2D eigenvalue weighted by molar-refractivity contribution is 5.91. The fraction of sp³-hybridized carbons (Fsp3) is 0.225. The van der Waals surface area contributed by atoms with Crippen molar-refractivity contribution in [2.45, 2.75) is 37.6 Å². The molecule has 52 heavy (non-hydrogen) atoms. The van der Waals surface area contributed by atoms with Crippen molar-refractivity contribution in [3.8, 4) is 0 Å². The third-order valence-corrected chi connectivity index (χ3v) is 7.68. The number of ether oxygens (including phenoxy) is 7. The van der Waals surface area contributed by atoms with Crippen LogP contribution < -0.4 is 0 Å². The summed E-state index contributed by atoms with van der Waals surface area (Å²) in [6, 6.07) is 32.2. The fourth-order valence-corrected chi connectivity index (χ4v) is 5.08. The SMILES string of the molecule is C=C(C)C(=O)OCCO[C@H]1O[C@H](COC(=O)c2ccccc2)[C@@H](OC(=O)c2ccccc2)[C@H](OC(=O)c2ccccc2)[C@@H]1OC(=O)c1ccccc1. The molecule has 1 aliphatic rings. The summed E-state index contributed by atoms with van der Waals surface area (Å²) in [4.78, 5) is 65.8. The summed E-state index contributed by atoms with van der Waals surface area (Å²) in [6.07, 6.45) is -7.50. The zero-order valence-corrected chi connectivity index (χ0v) is 28.2. The minimum atomic E-state index is -1.58. The van der Waals surface area contributed by atoms with E-state index >= 15 is 0 Å². The molecule has 1 aliphatic heterocycles. The van der Waals surface area contributed by atoms with Crippen molar-refractivity contribution in [3.63, 3.8) is 0 Å². The molecule has 0 aromatic heterocycles. The van der Waals surface area contributed by atoms with Gasteiger partial charge in [-0.1, -0.05) is 79.4 Å². The average molecular weight is 709 g/mol. The van der Waals surface area contributed by atoms with Gasteiger partial charge in [-0.25, -0.2) is 24.0 Å². The lowest BCUT2D eigenvalue weighted by Crippen LogP contribution is -2.63. The molecule has 1 saturated heterocycles. The van der Waals surface area contributed by atoms with Crippen molar-refractivity contribution in [1.29, 1.82) is 0 Å². The van der Waals surface area contributed by atoms with Crippen molar-refractivity contribution in [1.82, 2.24) is 0 Å². The van der Waals surface area contributed by atoms with Crippen molar-refractivity contribution >= 4 is 29.8 Å². The Labute approximate surface area is 299 Å². The molecule has 0 unspecified atom stereocenters. The third-order valence-electron chi connectivity index (χ3n) is 7.68. The van der Waals surface area contributed by atoms with E-state index in [-0.39, 0.29) is 41.0 Å². The number of hydrogen-bond donors (Lipinski definition) is 0. The quantitative estimate of drug-likeness (QED) is 0.0716. The van der Waals surface area contributed by atoms with Crippen molar-refractivity contribution < 1.29 is 57.1 Å². The van der Waals surface area contributed by atoms with Crippen LogP contribution in [0.3, 0.4) is 0 Å². The topological polar surface area (TPSA) is 150 Å². The van der Waals surface area contributed by atoms with Crippen LogP contribution in [0.2, 0.25) is 0 Å². The van der Waals surface area contributed by atoms with Gasteiger partial charge < -0.3 is 33.2 Å². The molecule has 0 spiro atoms. The lowest BCUT2D eigenvalue weighted by molar-refractivity contribution is -0.299. The van der Waals surface area contributed by atoms with Crippen LogP contribution in [0.5, 0.6) is 0 Å². The van der Waals surface area contributed by atoms with Crippen LogP contribution in [-0.2, 0) is 38.0 Å². The first-order valence-electron chi connectivity index (χ1n) is 16.3. The minimum Gasteiger partial charge on any atom is -0.460 e. The van der Waals surface area contributed by atoms with Gasteiger partial charge in [0.2, 0.25) is 0 Å². The molecule has 1 heterocycles. The zero-order chi connectivity index (χ0) is 36.9. The summed E-state index contributed by atoms with van der Waals surface area (Å²) in [6.45, 7) is 4.00. The first-order valence-corrected chi connectivity index (χ1v) is 16.3. The molecule has 5 rings (SSSR count). The predicted molar refractivity (Wildman–Crippen MR) is 184 cm³/mol. The van der Waals surface area contributed by atoms with Crippen LogP contribution in [0.4, 0.5) is 0 Å². The summed E-state index contributed by atoms with van der Waals surface area (Å²) < 4.78 is 40.9.